The number of rotatable bonds is 11. The van der Waals surface area contributed by atoms with Crippen molar-refractivity contribution in [1.29, 1.82) is 0 Å². The third kappa shape index (κ3) is 9.53. The molecule has 3 fully saturated rings. The molecule has 1 aromatic carbocycles. The van der Waals surface area contributed by atoms with Gasteiger partial charge in [-0.25, -0.2) is 17.8 Å². The molecule has 5 atom stereocenters. The van der Waals surface area contributed by atoms with Crippen LogP contribution in [0, 0.1) is 17.2 Å². The second-order valence-electron chi connectivity index (χ2n) is 17.2. The summed E-state index contributed by atoms with van der Waals surface area (Å²) in [6.45, 7) is 3.47. The first kappa shape index (κ1) is 44.8. The average molecular weight is 891 g/mol. The first-order chi connectivity index (χ1) is 29.2. The number of hydrogen-bond acceptors (Lipinski definition) is 11. The van der Waals surface area contributed by atoms with E-state index in [4.69, 9.17) is 14.2 Å². The summed E-state index contributed by atoms with van der Waals surface area (Å²) in [4.78, 5) is 62.7. The number of Topliss-reactive ketones (excluding diaryl/α,β-unsaturated/α-hetero) is 1. The second kappa shape index (κ2) is 17.1. The smallest absolute Gasteiger partial charge is 0.408 e. The zero-order valence-electron chi connectivity index (χ0n) is 34.8. The highest BCUT2D eigenvalue weighted by molar-refractivity contribution is 7.91. The van der Waals surface area contributed by atoms with Crippen LogP contribution in [-0.4, -0.2) is 100 Å². The molecule has 0 radical (unpaired) electrons. The number of nitrogens with one attached hydrogen (secondary N) is 2. The number of nitrogens with zero attached hydrogens (tertiary/aromatic N) is 4. The fraction of sp³-hybridized carbons (Fsp3) is 0.571. The van der Waals surface area contributed by atoms with Crippen molar-refractivity contribution in [2.24, 2.45) is 11.3 Å². The summed E-state index contributed by atoms with van der Waals surface area (Å²) in [5.74, 6) is -3.94. The number of aromatic nitrogens is 3. The van der Waals surface area contributed by atoms with Gasteiger partial charge in [0.25, 0.3) is 5.91 Å². The second-order valence-corrected chi connectivity index (χ2v) is 19.4. The third-order valence-corrected chi connectivity index (χ3v) is 14.2. The lowest BCUT2D eigenvalue weighted by atomic mass is 9.91. The summed E-state index contributed by atoms with van der Waals surface area (Å²) in [5.41, 5.74) is -1.66. The maximum absolute atomic E-state index is 14.9. The predicted molar refractivity (Wildman–Crippen MR) is 215 cm³/mol. The topological polar surface area (TPSA) is 188 Å². The Hall–Kier alpha value is -5.27. The molecule has 20 heteroatoms. The Labute approximate surface area is 356 Å². The van der Waals surface area contributed by atoms with E-state index >= 15 is 0 Å². The molecule has 2 saturated carbocycles. The minimum absolute atomic E-state index is 0.0858. The predicted octanol–water partition coefficient (Wildman–Crippen LogP) is 5.56. The first-order valence-corrected chi connectivity index (χ1v) is 22.2. The van der Waals surface area contributed by atoms with Crippen LogP contribution in [0.1, 0.15) is 95.5 Å². The van der Waals surface area contributed by atoms with Crippen LogP contribution in [0.5, 0.6) is 17.4 Å². The van der Waals surface area contributed by atoms with Gasteiger partial charge in [-0.3, -0.25) is 28.6 Å². The van der Waals surface area contributed by atoms with Crippen molar-refractivity contribution in [3.05, 3.63) is 54.1 Å². The molecule has 1 saturated heterocycles. The molecule has 336 valence electrons. The number of benzene rings is 1. The summed E-state index contributed by atoms with van der Waals surface area (Å²) in [6, 6.07) is 2.76. The molecule has 2 N–H and O–H groups in total. The average Bonchev–Trinajstić information content (AvgIpc) is 3.98. The molecule has 2 aliphatic heterocycles. The minimum atomic E-state index is -4.60. The van der Waals surface area contributed by atoms with E-state index in [1.807, 2.05) is 12.2 Å². The monoisotopic (exact) mass is 890 g/mol. The van der Waals surface area contributed by atoms with E-state index in [1.165, 1.54) is 30.2 Å². The maximum Gasteiger partial charge on any atom is 0.408 e. The molecule has 0 spiro atoms. The Kier molecular flexibility index (Phi) is 12.4. The number of carbonyl (C=O) groups is 4. The summed E-state index contributed by atoms with van der Waals surface area (Å²) >= 11 is 0. The Morgan fingerprint density at radius 1 is 1.10 bits per heavy atom. The lowest BCUT2D eigenvalue weighted by molar-refractivity contribution is -0.142. The van der Waals surface area contributed by atoms with Crippen molar-refractivity contribution in [3.8, 4) is 17.4 Å². The Balaban J connectivity index is 1.23. The van der Waals surface area contributed by atoms with Gasteiger partial charge in [-0.15, -0.1) is 0 Å². The number of ketones is 1. The van der Waals surface area contributed by atoms with Crippen molar-refractivity contribution in [2.45, 2.75) is 127 Å². The molecule has 2 aromatic heterocycles. The maximum atomic E-state index is 14.9. The Morgan fingerprint density at radius 3 is 2.55 bits per heavy atom. The van der Waals surface area contributed by atoms with Crippen LogP contribution in [-0.2, 0) is 31.0 Å². The lowest BCUT2D eigenvalue weighted by Crippen LogP contribution is -2.52. The number of amides is 3. The molecule has 0 bridgehead atoms. The van der Waals surface area contributed by atoms with E-state index in [0.29, 0.717) is 48.6 Å². The van der Waals surface area contributed by atoms with Gasteiger partial charge in [0.2, 0.25) is 27.7 Å². The summed E-state index contributed by atoms with van der Waals surface area (Å²) in [5, 5.41) is 6.74. The van der Waals surface area contributed by atoms with Gasteiger partial charge in [0.05, 0.1) is 36.0 Å². The normalized spacial score (nSPS) is 25.9. The molecule has 15 nitrogen and oxygen atoms in total. The minimum Gasteiger partial charge on any atom is -0.491 e. The van der Waals surface area contributed by atoms with Gasteiger partial charge in [-0.2, -0.15) is 18.3 Å². The van der Waals surface area contributed by atoms with Gasteiger partial charge in [0.1, 0.15) is 35.7 Å². The van der Waals surface area contributed by atoms with Gasteiger partial charge in [0.15, 0.2) is 17.3 Å². The number of ether oxygens (including phenoxy) is 3. The highest BCUT2D eigenvalue weighted by Gasteiger charge is 2.62. The van der Waals surface area contributed by atoms with Crippen molar-refractivity contribution in [3.63, 3.8) is 0 Å². The third-order valence-electron chi connectivity index (χ3n) is 12.1. The van der Waals surface area contributed by atoms with E-state index in [9.17, 15) is 45.2 Å². The zero-order valence-corrected chi connectivity index (χ0v) is 35.6. The van der Waals surface area contributed by atoms with Crippen LogP contribution in [0.15, 0.2) is 42.6 Å². The van der Waals surface area contributed by atoms with E-state index in [0.717, 1.165) is 12.3 Å². The van der Waals surface area contributed by atoms with E-state index in [2.05, 4.69) is 20.1 Å². The largest absolute Gasteiger partial charge is 0.491 e. The molecule has 4 heterocycles. The van der Waals surface area contributed by atoms with E-state index in [1.54, 1.807) is 20.8 Å². The Bertz CT molecular complexity index is 2380. The van der Waals surface area contributed by atoms with Crippen LogP contribution in [0.25, 0.3) is 10.9 Å². The van der Waals surface area contributed by atoms with Crippen LogP contribution in [0.4, 0.5) is 17.6 Å². The zero-order chi connectivity index (χ0) is 44.8. The van der Waals surface area contributed by atoms with Crippen LogP contribution < -0.4 is 24.2 Å². The van der Waals surface area contributed by atoms with Crippen LogP contribution in [0.3, 0.4) is 0 Å². The van der Waals surface area contributed by atoms with E-state index < -0.39 is 92.8 Å². The quantitative estimate of drug-likeness (QED) is 0.181. The summed E-state index contributed by atoms with van der Waals surface area (Å²) in [7, 11) is -2.77. The molecular formula is C42H50F4N6O9S. The molecule has 7 rings (SSSR count). The van der Waals surface area contributed by atoms with Crippen molar-refractivity contribution in [1.82, 2.24) is 29.7 Å². The van der Waals surface area contributed by atoms with Gasteiger partial charge in [-0.05, 0) is 83.4 Å². The van der Waals surface area contributed by atoms with Gasteiger partial charge in [-0.1, -0.05) is 25.0 Å². The standard InChI is InChI=1S/C42H50F4N6O9S/c1-24(2)60-34-19-33(27-12-13-28(43)36(59-4)35(27)48-34)61-26-18-31-32(53)21-41(39(56)50-62(57,58)40(3)15-16-40)20-25(41)10-8-6-5-7-9-11-30(38(55)52(31)22-26)47-37(54)29-14-17-51(49-29)23-42(44,45)46/h8,10,12-14,17,19,24-26,30-31H,5-7,9,11,15-16,18,20-23H2,1-4H3,(H,47,54)(H,50,56)/b10-8-/t25-,26-,30+,31+,41-/m1/s1. The SMILES string of the molecule is COc1c(F)ccc2c(O[C@@H]3C[C@H]4C(=O)C[C@]5(C(=O)NS(=O)(=O)C6(C)CC6)C[C@H]5/C=C\CCCCC[C@H](NC(=O)c5ccn(CC(F)(F)F)n5)C(=O)N4C3)cc(OC(C)C)nc12. The highest BCUT2D eigenvalue weighted by atomic mass is 32.2. The lowest BCUT2D eigenvalue weighted by Gasteiger charge is -2.29. The number of alkyl halides is 3. The van der Waals surface area contributed by atoms with Crippen molar-refractivity contribution < 1.29 is 59.4 Å². The van der Waals surface area contributed by atoms with Crippen LogP contribution in [0.2, 0.25) is 0 Å². The number of sulfonamides is 1. The van der Waals surface area contributed by atoms with Gasteiger partial charge in [0, 0.05) is 30.5 Å². The molecule has 62 heavy (non-hydrogen) atoms. The van der Waals surface area contributed by atoms with Gasteiger partial charge < -0.3 is 24.4 Å². The van der Waals surface area contributed by atoms with Crippen LogP contribution >= 0.6 is 0 Å². The number of hydrogen-bond donors (Lipinski definition) is 2. The first-order valence-electron chi connectivity index (χ1n) is 20.7. The number of carbonyl (C=O) groups excluding carboxylic acids is 4. The fourth-order valence-electron chi connectivity index (χ4n) is 8.24. The summed E-state index contributed by atoms with van der Waals surface area (Å²) < 4.78 is 100. The van der Waals surface area contributed by atoms with Crippen molar-refractivity contribution in [2.75, 3.05) is 13.7 Å². The molecular weight excluding hydrogens is 841 g/mol. The molecule has 0 unspecified atom stereocenters. The number of halogens is 4. The van der Waals surface area contributed by atoms with Gasteiger partial charge >= 0.3 is 6.18 Å². The fourth-order valence-corrected chi connectivity index (χ4v) is 9.57. The Morgan fingerprint density at radius 2 is 1.85 bits per heavy atom. The number of methoxy groups -OCH3 is 1. The number of pyridine rings is 1. The van der Waals surface area contributed by atoms with E-state index in [-0.39, 0.29) is 60.5 Å². The summed E-state index contributed by atoms with van der Waals surface area (Å²) in [6.07, 6.45) is 1.83. The molecule has 3 aromatic rings. The molecule has 4 aliphatic rings. The van der Waals surface area contributed by atoms with Crippen molar-refractivity contribution >= 4 is 44.4 Å². The number of fused-ring (bicyclic) bond motifs is 3. The molecule has 3 amide bonds. The number of allylic oxidation sites excluding steroid dienone is 2. The molecule has 2 aliphatic carbocycles. The highest BCUT2D eigenvalue weighted by Crippen LogP contribution is 2.57.